The van der Waals surface area contributed by atoms with Gasteiger partial charge in [-0.2, -0.15) is 0 Å². The van der Waals surface area contributed by atoms with Crippen molar-refractivity contribution in [2.75, 3.05) is 19.9 Å². The first-order valence-electron chi connectivity index (χ1n) is 13.6. The van der Waals surface area contributed by atoms with Crippen LogP contribution in [0.25, 0.3) is 0 Å². The topological polar surface area (TPSA) is 93.2 Å². The molecule has 8 nitrogen and oxygen atoms in total. The van der Waals surface area contributed by atoms with Crippen LogP contribution in [-0.4, -0.2) is 85.7 Å². The van der Waals surface area contributed by atoms with Crippen molar-refractivity contribution in [3.05, 3.63) is 0 Å². The summed E-state index contributed by atoms with van der Waals surface area (Å²) < 4.78 is 35.7. The fourth-order valence-corrected chi connectivity index (χ4v) is 8.62. The van der Waals surface area contributed by atoms with Gasteiger partial charge in [0.2, 0.25) is 5.91 Å². The molecule has 3 saturated carbocycles. The van der Waals surface area contributed by atoms with E-state index in [1.54, 1.807) is 14.0 Å². The van der Waals surface area contributed by atoms with E-state index in [2.05, 4.69) is 0 Å². The van der Waals surface area contributed by atoms with Crippen molar-refractivity contribution in [1.29, 1.82) is 0 Å². The average molecular weight is 513 g/mol. The van der Waals surface area contributed by atoms with Crippen molar-refractivity contribution >= 4 is 21.8 Å². The quantitative estimate of drug-likeness (QED) is 0.569. The molecule has 4 rings (SSSR count). The highest BCUT2D eigenvalue weighted by Crippen LogP contribution is 2.43. The van der Waals surface area contributed by atoms with Crippen LogP contribution in [0, 0.1) is 11.8 Å². The van der Waals surface area contributed by atoms with Gasteiger partial charge in [-0.25, -0.2) is 13.2 Å². The number of sulfone groups is 1. The van der Waals surface area contributed by atoms with Crippen LogP contribution < -0.4 is 0 Å². The monoisotopic (exact) mass is 512 g/mol. The molecule has 9 heteroatoms. The van der Waals surface area contributed by atoms with Crippen molar-refractivity contribution in [2.45, 2.75) is 120 Å². The summed E-state index contributed by atoms with van der Waals surface area (Å²) in [7, 11) is -1.30. The fraction of sp³-hybridized carbons (Fsp3) is 0.923. The Bertz CT molecular complexity index is 871. The van der Waals surface area contributed by atoms with E-state index in [0.29, 0.717) is 18.4 Å². The Morgan fingerprint density at radius 3 is 2.09 bits per heavy atom. The third kappa shape index (κ3) is 5.81. The van der Waals surface area contributed by atoms with E-state index in [9.17, 15) is 18.0 Å². The minimum Gasteiger partial charge on any atom is -0.443 e. The molecule has 4 aliphatic rings. The molecule has 0 aromatic heterocycles. The van der Waals surface area contributed by atoms with Gasteiger partial charge in [0, 0.05) is 32.9 Å². The summed E-state index contributed by atoms with van der Waals surface area (Å²) in [6, 6.07) is -0.0943. The lowest BCUT2D eigenvalue weighted by molar-refractivity contribution is -0.143. The molecular weight excluding hydrogens is 468 g/mol. The number of rotatable bonds is 4. The zero-order valence-electron chi connectivity index (χ0n) is 21.9. The molecule has 1 heterocycles. The van der Waals surface area contributed by atoms with Gasteiger partial charge in [-0.1, -0.05) is 6.42 Å². The van der Waals surface area contributed by atoms with Crippen molar-refractivity contribution in [1.82, 2.24) is 9.80 Å². The number of hydrogen-bond donors (Lipinski definition) is 0. The van der Waals surface area contributed by atoms with Crippen molar-refractivity contribution < 1.29 is 27.5 Å². The van der Waals surface area contributed by atoms with E-state index in [1.807, 2.05) is 16.7 Å². The van der Waals surface area contributed by atoms with Crippen molar-refractivity contribution in [3.8, 4) is 0 Å². The molecule has 200 valence electrons. The number of nitrogens with zero attached hydrogens (tertiary/aromatic N) is 2. The Morgan fingerprint density at radius 1 is 0.857 bits per heavy atom. The third-order valence-corrected chi connectivity index (χ3v) is 11.0. The molecule has 6 atom stereocenters. The highest BCUT2D eigenvalue weighted by molar-refractivity contribution is 7.91. The van der Waals surface area contributed by atoms with E-state index in [4.69, 9.17) is 9.47 Å². The summed E-state index contributed by atoms with van der Waals surface area (Å²) in [4.78, 5) is 30.0. The zero-order valence-corrected chi connectivity index (χ0v) is 22.7. The molecule has 0 radical (unpaired) electrons. The van der Waals surface area contributed by atoms with E-state index >= 15 is 0 Å². The summed E-state index contributed by atoms with van der Waals surface area (Å²) in [5, 5.41) is -0.213. The highest BCUT2D eigenvalue weighted by Gasteiger charge is 2.48. The van der Waals surface area contributed by atoms with Gasteiger partial charge in [-0.15, -0.1) is 0 Å². The molecule has 0 aromatic rings. The van der Waals surface area contributed by atoms with Gasteiger partial charge in [0.05, 0.1) is 23.4 Å². The van der Waals surface area contributed by atoms with Crippen molar-refractivity contribution in [2.24, 2.45) is 11.8 Å². The molecule has 0 spiro atoms. The molecule has 0 bridgehead atoms. The number of ether oxygens (including phenoxy) is 2. The first-order chi connectivity index (χ1) is 16.6. The lowest BCUT2D eigenvalue weighted by Gasteiger charge is -2.54. The number of carbonyl (C=O) groups excluding carboxylic acids is 2. The molecule has 35 heavy (non-hydrogen) atoms. The first-order valence-corrected chi connectivity index (χ1v) is 15.5. The minimum absolute atomic E-state index is 0.0111. The van der Waals surface area contributed by atoms with Gasteiger partial charge < -0.3 is 19.3 Å². The van der Waals surface area contributed by atoms with Gasteiger partial charge in [0.25, 0.3) is 0 Å². The van der Waals surface area contributed by atoms with Gasteiger partial charge >= 0.3 is 6.09 Å². The second-order valence-corrected chi connectivity index (χ2v) is 13.8. The Hall–Kier alpha value is -1.35. The van der Waals surface area contributed by atoms with Gasteiger partial charge in [0.15, 0.2) is 0 Å². The number of carbonyl (C=O) groups is 2. The summed E-state index contributed by atoms with van der Waals surface area (Å²) in [6.45, 7) is 4.14. The van der Waals surface area contributed by atoms with Gasteiger partial charge in [-0.05, 0) is 83.0 Å². The standard InChI is InChI=1S/C26H44N2O6S/c1-17-16-27(26(30)34-25-8-6-5-7-24(25)33-3)23-15-20(11-14-22(23)28(17)18(2)29)19-9-12-21(13-10-19)35(4,31)32/h17,19-25H,5-16H2,1-4H3/t17-,19?,20?,21?,22?,23?,24?,25?/m0/s1. The van der Waals surface area contributed by atoms with Crippen LogP contribution in [0.3, 0.4) is 0 Å². The Kier molecular flexibility index (Phi) is 8.36. The zero-order chi connectivity index (χ0) is 25.3. The van der Waals surface area contributed by atoms with E-state index in [0.717, 1.165) is 70.6 Å². The van der Waals surface area contributed by atoms with Crippen LogP contribution in [0.5, 0.6) is 0 Å². The van der Waals surface area contributed by atoms with Crippen LogP contribution in [0.1, 0.15) is 84.5 Å². The number of fused-ring (bicyclic) bond motifs is 1. The Labute approximate surface area is 211 Å². The highest BCUT2D eigenvalue weighted by atomic mass is 32.2. The summed E-state index contributed by atoms with van der Waals surface area (Å²) in [6.07, 6.45) is 10.7. The minimum atomic E-state index is -2.99. The normalized spacial score (nSPS) is 38.5. The molecule has 4 fully saturated rings. The molecule has 2 amide bonds. The molecular formula is C26H44N2O6S. The Morgan fingerprint density at radius 2 is 1.49 bits per heavy atom. The molecule has 0 N–H and O–H groups in total. The average Bonchev–Trinajstić information content (AvgIpc) is 2.82. The van der Waals surface area contributed by atoms with Crippen LogP contribution in [0.4, 0.5) is 4.79 Å². The van der Waals surface area contributed by atoms with Crippen molar-refractivity contribution in [3.63, 3.8) is 0 Å². The predicted octanol–water partition coefficient (Wildman–Crippen LogP) is 3.77. The Balaban J connectivity index is 1.48. The lowest BCUT2D eigenvalue weighted by Crippen LogP contribution is -2.67. The molecule has 5 unspecified atom stereocenters. The maximum Gasteiger partial charge on any atom is 0.410 e. The number of amides is 2. The summed E-state index contributed by atoms with van der Waals surface area (Å²) >= 11 is 0. The second-order valence-electron chi connectivity index (χ2n) is 11.5. The van der Waals surface area contributed by atoms with Gasteiger partial charge in [-0.3, -0.25) is 4.79 Å². The maximum atomic E-state index is 13.5. The van der Waals surface area contributed by atoms with Crippen LogP contribution in [0.15, 0.2) is 0 Å². The third-order valence-electron chi connectivity index (χ3n) is 9.30. The van der Waals surface area contributed by atoms with Crippen LogP contribution in [0.2, 0.25) is 0 Å². The smallest absolute Gasteiger partial charge is 0.410 e. The van der Waals surface area contributed by atoms with Crippen LogP contribution >= 0.6 is 0 Å². The van der Waals surface area contributed by atoms with E-state index in [1.165, 1.54) is 6.26 Å². The molecule has 3 aliphatic carbocycles. The SMILES string of the molecule is COC1CCCCC1OC(=O)N1C[C@H](C)N(C(C)=O)C2CCC(C3CCC(S(C)(=O)=O)CC3)CC21. The lowest BCUT2D eigenvalue weighted by atomic mass is 9.69. The summed E-state index contributed by atoms with van der Waals surface area (Å²) in [5.74, 6) is 0.989. The van der Waals surface area contributed by atoms with Crippen LogP contribution in [-0.2, 0) is 24.1 Å². The molecule has 0 aromatic carbocycles. The number of piperazine rings is 1. The maximum absolute atomic E-state index is 13.5. The van der Waals surface area contributed by atoms with Gasteiger partial charge in [0.1, 0.15) is 15.9 Å². The number of hydrogen-bond acceptors (Lipinski definition) is 6. The van der Waals surface area contributed by atoms with E-state index in [-0.39, 0.29) is 47.6 Å². The fourth-order valence-electron chi connectivity index (χ4n) is 7.49. The summed E-state index contributed by atoms with van der Waals surface area (Å²) in [5.41, 5.74) is 0. The molecule has 1 saturated heterocycles. The second kappa shape index (κ2) is 11.0. The first kappa shape index (κ1) is 26.7. The van der Waals surface area contributed by atoms with E-state index < -0.39 is 9.84 Å². The number of methoxy groups -OCH3 is 1. The molecule has 1 aliphatic heterocycles. The predicted molar refractivity (Wildman–Crippen MR) is 134 cm³/mol. The largest absolute Gasteiger partial charge is 0.443 e.